The van der Waals surface area contributed by atoms with Gasteiger partial charge in [0.15, 0.2) is 0 Å². The number of rotatable bonds is 6. The first-order valence-corrected chi connectivity index (χ1v) is 6.42. The molecule has 0 fully saturated rings. The van der Waals surface area contributed by atoms with Crippen LogP contribution in [0.15, 0.2) is 0 Å². The molecule has 0 spiro atoms. The summed E-state index contributed by atoms with van der Waals surface area (Å²) in [4.78, 5) is 24.4. The molecule has 18 heavy (non-hydrogen) atoms. The maximum atomic E-state index is 11.9. The Labute approximate surface area is 110 Å². The van der Waals surface area contributed by atoms with Crippen LogP contribution in [0.5, 0.6) is 0 Å². The van der Waals surface area contributed by atoms with E-state index in [4.69, 9.17) is 5.11 Å². The molecule has 0 rings (SSSR count). The number of carboxylic acid groups (broad SMARTS) is 1. The van der Waals surface area contributed by atoms with Gasteiger partial charge in [0.1, 0.15) is 0 Å². The lowest BCUT2D eigenvalue weighted by molar-refractivity contribution is -0.141. The molecule has 5 heteroatoms. The van der Waals surface area contributed by atoms with Crippen LogP contribution >= 0.6 is 0 Å². The molecule has 0 aliphatic heterocycles. The number of nitrogens with zero attached hydrogens (tertiary/aromatic N) is 1. The zero-order chi connectivity index (χ0) is 14.5. The Kier molecular flexibility index (Phi) is 6.73. The van der Waals surface area contributed by atoms with Gasteiger partial charge in [0.25, 0.3) is 0 Å². The molecule has 5 nitrogen and oxygen atoms in total. The number of nitrogens with one attached hydrogen (secondary N) is 1. The smallest absolute Gasteiger partial charge is 0.317 e. The average molecular weight is 258 g/mol. The Balaban J connectivity index is 4.35. The highest BCUT2D eigenvalue weighted by Gasteiger charge is 2.24. The highest BCUT2D eigenvalue weighted by atomic mass is 16.4. The van der Waals surface area contributed by atoms with Crippen LogP contribution < -0.4 is 5.32 Å². The van der Waals surface area contributed by atoms with Gasteiger partial charge in [-0.05, 0) is 33.1 Å². The lowest BCUT2D eigenvalue weighted by Gasteiger charge is -2.29. The Morgan fingerprint density at radius 2 is 1.67 bits per heavy atom. The highest BCUT2D eigenvalue weighted by molar-refractivity contribution is 5.76. The van der Waals surface area contributed by atoms with Crippen molar-refractivity contribution in [2.24, 2.45) is 11.8 Å². The molecule has 0 aromatic rings. The number of amides is 2. The Bertz CT molecular complexity index is 292. The first-order chi connectivity index (χ1) is 8.16. The average Bonchev–Trinajstić information content (AvgIpc) is 2.25. The van der Waals surface area contributed by atoms with E-state index in [9.17, 15) is 9.59 Å². The number of aliphatic carboxylic acids is 1. The molecular weight excluding hydrogens is 232 g/mol. The van der Waals surface area contributed by atoms with Crippen LogP contribution in [0, 0.1) is 11.8 Å². The van der Waals surface area contributed by atoms with Gasteiger partial charge in [-0.2, -0.15) is 0 Å². The molecular formula is C13H26N2O3. The van der Waals surface area contributed by atoms with E-state index in [0.29, 0.717) is 5.92 Å². The predicted octanol–water partition coefficient (Wildman–Crippen LogP) is 2.17. The fourth-order valence-electron chi connectivity index (χ4n) is 1.68. The summed E-state index contributed by atoms with van der Waals surface area (Å²) in [7, 11) is 1.74. The molecule has 2 amide bonds. The molecule has 0 bridgehead atoms. The monoisotopic (exact) mass is 258 g/mol. The number of carboxylic acids is 1. The van der Waals surface area contributed by atoms with Gasteiger partial charge in [-0.3, -0.25) is 4.79 Å². The molecule has 106 valence electrons. The molecule has 0 aromatic heterocycles. The van der Waals surface area contributed by atoms with E-state index in [1.807, 2.05) is 6.92 Å². The van der Waals surface area contributed by atoms with E-state index in [-0.39, 0.29) is 18.1 Å². The fourth-order valence-corrected chi connectivity index (χ4v) is 1.68. The largest absolute Gasteiger partial charge is 0.481 e. The minimum Gasteiger partial charge on any atom is -0.481 e. The molecule has 0 aromatic carbocycles. The zero-order valence-electron chi connectivity index (χ0n) is 12.2. The first-order valence-electron chi connectivity index (χ1n) is 6.42. The van der Waals surface area contributed by atoms with Gasteiger partial charge in [0.2, 0.25) is 0 Å². The van der Waals surface area contributed by atoms with Gasteiger partial charge in [0, 0.05) is 19.1 Å². The number of hydrogen-bond acceptors (Lipinski definition) is 2. The van der Waals surface area contributed by atoms with Crippen molar-refractivity contribution in [3.05, 3.63) is 0 Å². The minimum atomic E-state index is -0.902. The lowest BCUT2D eigenvalue weighted by Crippen LogP contribution is -2.48. The summed E-state index contributed by atoms with van der Waals surface area (Å²) in [6.07, 6.45) is 0.923. The number of carbonyl (C=O) groups excluding carboxylic acids is 1. The van der Waals surface area contributed by atoms with E-state index in [1.165, 1.54) is 0 Å². The molecule has 0 saturated heterocycles. The second-order valence-corrected chi connectivity index (χ2v) is 5.45. The maximum Gasteiger partial charge on any atom is 0.317 e. The van der Waals surface area contributed by atoms with E-state index in [2.05, 4.69) is 19.2 Å². The standard InChI is InChI=1S/C13H26N2O3/c1-8(2)7-9(3)15(6)13(18)14-11(5)10(4)12(16)17/h8-11H,7H2,1-6H3,(H,14,18)(H,16,17). The Morgan fingerprint density at radius 3 is 2.06 bits per heavy atom. The second kappa shape index (κ2) is 7.24. The minimum absolute atomic E-state index is 0.136. The van der Waals surface area contributed by atoms with E-state index in [0.717, 1.165) is 6.42 Å². The normalized spacial score (nSPS) is 15.9. The van der Waals surface area contributed by atoms with E-state index >= 15 is 0 Å². The van der Waals surface area contributed by atoms with Crippen molar-refractivity contribution in [3.8, 4) is 0 Å². The van der Waals surface area contributed by atoms with Crippen LogP contribution in [-0.2, 0) is 4.79 Å². The number of hydrogen-bond donors (Lipinski definition) is 2. The van der Waals surface area contributed by atoms with E-state index in [1.54, 1.807) is 25.8 Å². The maximum absolute atomic E-state index is 11.9. The van der Waals surface area contributed by atoms with Crippen LogP contribution in [0.25, 0.3) is 0 Å². The van der Waals surface area contributed by atoms with Gasteiger partial charge >= 0.3 is 12.0 Å². The number of carbonyl (C=O) groups is 2. The molecule has 2 N–H and O–H groups in total. The van der Waals surface area contributed by atoms with Gasteiger partial charge < -0.3 is 15.3 Å². The van der Waals surface area contributed by atoms with Crippen molar-refractivity contribution in [1.82, 2.24) is 10.2 Å². The number of urea groups is 1. The van der Waals surface area contributed by atoms with Crippen molar-refractivity contribution in [3.63, 3.8) is 0 Å². The van der Waals surface area contributed by atoms with Crippen LogP contribution in [0.4, 0.5) is 4.79 Å². The molecule has 0 saturated carbocycles. The molecule has 3 unspecified atom stereocenters. The quantitative estimate of drug-likeness (QED) is 0.767. The Morgan fingerprint density at radius 1 is 1.17 bits per heavy atom. The zero-order valence-corrected chi connectivity index (χ0v) is 12.2. The summed E-state index contributed by atoms with van der Waals surface area (Å²) < 4.78 is 0. The van der Waals surface area contributed by atoms with Crippen molar-refractivity contribution in [1.29, 1.82) is 0 Å². The third-order valence-electron chi connectivity index (χ3n) is 3.28. The van der Waals surface area contributed by atoms with Crippen molar-refractivity contribution in [2.75, 3.05) is 7.05 Å². The summed E-state index contributed by atoms with van der Waals surface area (Å²) in [6.45, 7) is 9.50. The Hall–Kier alpha value is -1.26. The molecule has 3 atom stereocenters. The fraction of sp³-hybridized carbons (Fsp3) is 0.846. The summed E-state index contributed by atoms with van der Waals surface area (Å²) in [5.41, 5.74) is 0. The van der Waals surface area contributed by atoms with E-state index < -0.39 is 11.9 Å². The third-order valence-corrected chi connectivity index (χ3v) is 3.28. The summed E-state index contributed by atoms with van der Waals surface area (Å²) in [5.74, 6) is -0.978. The third kappa shape index (κ3) is 5.38. The van der Waals surface area contributed by atoms with Crippen LogP contribution in [0.2, 0.25) is 0 Å². The first kappa shape index (κ1) is 16.7. The van der Waals surface area contributed by atoms with Crippen molar-refractivity contribution < 1.29 is 14.7 Å². The summed E-state index contributed by atoms with van der Waals surface area (Å²) in [5, 5.41) is 11.6. The van der Waals surface area contributed by atoms with Crippen LogP contribution in [0.1, 0.15) is 41.0 Å². The van der Waals surface area contributed by atoms with Gasteiger partial charge in [-0.1, -0.05) is 13.8 Å². The molecule has 0 aliphatic rings. The molecule has 0 heterocycles. The van der Waals surface area contributed by atoms with Crippen molar-refractivity contribution >= 4 is 12.0 Å². The summed E-state index contributed by atoms with van der Waals surface area (Å²) in [6, 6.07) is -0.468. The van der Waals surface area contributed by atoms with Crippen LogP contribution in [0.3, 0.4) is 0 Å². The SMILES string of the molecule is CC(C)CC(C)N(C)C(=O)NC(C)C(C)C(=O)O. The van der Waals surface area contributed by atoms with Gasteiger partial charge in [0.05, 0.1) is 5.92 Å². The summed E-state index contributed by atoms with van der Waals surface area (Å²) >= 11 is 0. The predicted molar refractivity (Wildman–Crippen MR) is 71.5 cm³/mol. The second-order valence-electron chi connectivity index (χ2n) is 5.45. The topological polar surface area (TPSA) is 69.6 Å². The van der Waals surface area contributed by atoms with Gasteiger partial charge in [-0.25, -0.2) is 4.79 Å². The molecule has 0 aliphatic carbocycles. The highest BCUT2D eigenvalue weighted by Crippen LogP contribution is 2.10. The lowest BCUT2D eigenvalue weighted by atomic mass is 10.0. The van der Waals surface area contributed by atoms with Crippen molar-refractivity contribution in [2.45, 2.75) is 53.1 Å². The van der Waals surface area contributed by atoms with Crippen LogP contribution in [-0.4, -0.2) is 41.1 Å². The van der Waals surface area contributed by atoms with Gasteiger partial charge in [-0.15, -0.1) is 0 Å². The molecule has 0 radical (unpaired) electrons.